The average molecular weight is 365 g/mol. The van der Waals surface area contributed by atoms with Gasteiger partial charge in [0.25, 0.3) is 0 Å². The van der Waals surface area contributed by atoms with Gasteiger partial charge >= 0.3 is 154 Å². The second-order valence-electron chi connectivity index (χ2n) is 4.18. The van der Waals surface area contributed by atoms with E-state index < -0.39 is 9.05 Å². The Kier molecular flexibility index (Phi) is 38.3. The van der Waals surface area contributed by atoms with Crippen molar-refractivity contribution in [3.8, 4) is 0 Å². The third-order valence-corrected chi connectivity index (χ3v) is 3.08. The molecule has 0 heterocycles. The van der Waals surface area contributed by atoms with Crippen LogP contribution >= 0.6 is 0 Å². The molecule has 98 valence electrons. The Bertz CT molecular complexity index is 159. The molecule has 0 aromatic heterocycles. The SMILES string of the molecule is CCCCCCCCCCCO[Si]([O-])([O-])[O-].[K+].[K+].[K+]. The van der Waals surface area contributed by atoms with Crippen LogP contribution in [-0.2, 0) is 4.43 Å². The first-order valence-corrected chi connectivity index (χ1v) is 7.95. The maximum Gasteiger partial charge on any atom is 1.00 e. The van der Waals surface area contributed by atoms with Crippen LogP contribution in [0.3, 0.4) is 0 Å². The molecular formula is C11H23K3O4Si. The zero-order valence-electron chi connectivity index (χ0n) is 13.2. The first kappa shape index (κ1) is 31.7. The summed E-state index contributed by atoms with van der Waals surface area (Å²) in [7, 11) is -5.00. The van der Waals surface area contributed by atoms with E-state index in [-0.39, 0.29) is 161 Å². The maximum atomic E-state index is 10.1. The third-order valence-electron chi connectivity index (χ3n) is 2.53. The van der Waals surface area contributed by atoms with Crippen molar-refractivity contribution in [3.05, 3.63) is 0 Å². The van der Waals surface area contributed by atoms with Crippen LogP contribution in [0.25, 0.3) is 0 Å². The monoisotopic (exact) mass is 364 g/mol. The Morgan fingerprint density at radius 3 is 1.42 bits per heavy atom. The van der Waals surface area contributed by atoms with E-state index in [0.29, 0.717) is 6.42 Å². The van der Waals surface area contributed by atoms with Crippen molar-refractivity contribution >= 4 is 9.05 Å². The van der Waals surface area contributed by atoms with E-state index in [0.717, 1.165) is 12.8 Å². The van der Waals surface area contributed by atoms with Gasteiger partial charge < -0.3 is 18.8 Å². The molecule has 8 heteroatoms. The Balaban J connectivity index is -0.000000375. The predicted octanol–water partition coefficient (Wildman–Crippen LogP) is -8.94. The van der Waals surface area contributed by atoms with E-state index in [4.69, 9.17) is 0 Å². The van der Waals surface area contributed by atoms with Gasteiger partial charge in [-0.1, -0.05) is 58.3 Å². The van der Waals surface area contributed by atoms with Gasteiger partial charge in [0, 0.05) is 6.61 Å². The summed E-state index contributed by atoms with van der Waals surface area (Å²) in [6, 6.07) is 0. The molecule has 0 fully saturated rings. The second-order valence-corrected chi connectivity index (χ2v) is 5.47. The van der Waals surface area contributed by atoms with Crippen molar-refractivity contribution in [2.75, 3.05) is 6.61 Å². The smallest absolute Gasteiger partial charge is 0.861 e. The van der Waals surface area contributed by atoms with Crippen LogP contribution in [0.1, 0.15) is 64.7 Å². The molecule has 0 saturated heterocycles. The van der Waals surface area contributed by atoms with Crippen molar-refractivity contribution in [1.29, 1.82) is 0 Å². The second kappa shape index (κ2) is 23.0. The molecule has 0 radical (unpaired) electrons. The van der Waals surface area contributed by atoms with Gasteiger partial charge in [-0.05, 0) is 6.42 Å². The molecule has 0 atom stereocenters. The molecule has 0 N–H and O–H groups in total. The van der Waals surface area contributed by atoms with Crippen molar-refractivity contribution in [3.63, 3.8) is 0 Å². The Morgan fingerprint density at radius 1 is 0.684 bits per heavy atom. The van der Waals surface area contributed by atoms with Crippen LogP contribution in [0.2, 0.25) is 0 Å². The zero-order chi connectivity index (χ0) is 12.3. The predicted molar refractivity (Wildman–Crippen MR) is 58.9 cm³/mol. The Morgan fingerprint density at radius 2 is 1.05 bits per heavy atom. The van der Waals surface area contributed by atoms with E-state index in [1.165, 1.54) is 38.5 Å². The van der Waals surface area contributed by atoms with Crippen LogP contribution in [0.5, 0.6) is 0 Å². The van der Waals surface area contributed by atoms with Gasteiger partial charge in [0.1, 0.15) is 0 Å². The fraction of sp³-hybridized carbons (Fsp3) is 1.00. The molecule has 19 heavy (non-hydrogen) atoms. The molecule has 0 rings (SSSR count). The molecule has 0 unspecified atom stereocenters. The van der Waals surface area contributed by atoms with E-state index in [1.54, 1.807) is 0 Å². The molecule has 0 aliphatic carbocycles. The molecule has 0 aromatic rings. The van der Waals surface area contributed by atoms with Gasteiger partial charge in [-0.2, -0.15) is 0 Å². The van der Waals surface area contributed by atoms with Gasteiger partial charge in [0.2, 0.25) is 0 Å². The molecule has 0 aliphatic rings. The standard InChI is InChI=1S/C11H23O4Si.3K/c1-2-3-4-5-6-7-8-9-10-11-15-16(12,13)14;;;/h2-11H2,1H3;;;/q-3;3*+1. The fourth-order valence-corrected chi connectivity index (χ4v) is 2.00. The van der Waals surface area contributed by atoms with Crippen LogP contribution < -0.4 is 169 Å². The van der Waals surface area contributed by atoms with Gasteiger partial charge in [-0.15, -0.1) is 9.05 Å². The van der Waals surface area contributed by atoms with Crippen molar-refractivity contribution in [2.45, 2.75) is 64.7 Å². The average Bonchev–Trinajstić information content (AvgIpc) is 2.19. The Labute approximate surface area is 247 Å². The van der Waals surface area contributed by atoms with Gasteiger partial charge in [-0.3, -0.25) is 0 Å². The molecule has 0 aliphatic heterocycles. The Hall–Kier alpha value is 4.97. The summed E-state index contributed by atoms with van der Waals surface area (Å²) in [4.78, 5) is 30.4. The van der Waals surface area contributed by atoms with Crippen molar-refractivity contribution < 1.29 is 173 Å². The molecule has 0 aromatic carbocycles. The summed E-state index contributed by atoms with van der Waals surface area (Å²) in [6.45, 7) is 2.25. The molecule has 0 saturated carbocycles. The quantitative estimate of drug-likeness (QED) is 0.269. The number of hydrogen-bond acceptors (Lipinski definition) is 4. The number of rotatable bonds is 11. The van der Waals surface area contributed by atoms with Gasteiger partial charge in [0.05, 0.1) is 0 Å². The van der Waals surface area contributed by atoms with E-state index in [9.17, 15) is 14.4 Å². The van der Waals surface area contributed by atoms with E-state index in [2.05, 4.69) is 11.3 Å². The summed E-state index contributed by atoms with van der Waals surface area (Å²) >= 11 is 0. The summed E-state index contributed by atoms with van der Waals surface area (Å²) in [5.74, 6) is 0. The summed E-state index contributed by atoms with van der Waals surface area (Å²) < 4.78 is 4.16. The minimum Gasteiger partial charge on any atom is -0.861 e. The van der Waals surface area contributed by atoms with Crippen molar-refractivity contribution in [1.82, 2.24) is 0 Å². The minimum atomic E-state index is -5.00. The fourth-order valence-electron chi connectivity index (χ4n) is 1.61. The largest absolute Gasteiger partial charge is 1.00 e. The summed E-state index contributed by atoms with van der Waals surface area (Å²) in [6.07, 6.45) is 10.3. The normalized spacial score (nSPS) is 10.1. The first-order chi connectivity index (χ1) is 7.56. The molecular weight excluding hydrogens is 341 g/mol. The summed E-state index contributed by atoms with van der Waals surface area (Å²) in [5.41, 5.74) is 0. The van der Waals surface area contributed by atoms with Crippen LogP contribution in [-0.4, -0.2) is 15.7 Å². The maximum absolute atomic E-state index is 10.1. The molecule has 0 bridgehead atoms. The summed E-state index contributed by atoms with van der Waals surface area (Å²) in [5, 5.41) is 0. The third kappa shape index (κ3) is 31.3. The topological polar surface area (TPSA) is 78.4 Å². The first-order valence-electron chi connectivity index (χ1n) is 6.31. The molecule has 0 amide bonds. The van der Waals surface area contributed by atoms with Crippen LogP contribution in [0.15, 0.2) is 0 Å². The van der Waals surface area contributed by atoms with Crippen LogP contribution in [0, 0.1) is 0 Å². The minimum absolute atomic E-state index is 0. The number of hydrogen-bond donors (Lipinski definition) is 0. The zero-order valence-corrected chi connectivity index (χ0v) is 23.6. The van der Waals surface area contributed by atoms with Crippen molar-refractivity contribution in [2.24, 2.45) is 0 Å². The van der Waals surface area contributed by atoms with Crippen LogP contribution in [0.4, 0.5) is 0 Å². The van der Waals surface area contributed by atoms with E-state index in [1.807, 2.05) is 0 Å². The van der Waals surface area contributed by atoms with Gasteiger partial charge in [-0.25, -0.2) is 0 Å². The molecule has 4 nitrogen and oxygen atoms in total. The number of unbranched alkanes of at least 4 members (excludes halogenated alkanes) is 8. The van der Waals surface area contributed by atoms with Gasteiger partial charge in [0.15, 0.2) is 0 Å². The molecule has 0 spiro atoms. The van der Waals surface area contributed by atoms with E-state index >= 15 is 0 Å².